The van der Waals surface area contributed by atoms with E-state index in [1.165, 1.54) is 0 Å². The first-order valence-electron chi connectivity index (χ1n) is 4.90. The van der Waals surface area contributed by atoms with Gasteiger partial charge in [-0.25, -0.2) is 4.98 Å². The average Bonchev–Trinajstić information content (AvgIpc) is 2.26. The molecule has 1 aromatic heterocycles. The van der Waals surface area contributed by atoms with Gasteiger partial charge in [-0.15, -0.1) is 12.4 Å². The van der Waals surface area contributed by atoms with Crippen molar-refractivity contribution in [2.75, 3.05) is 6.61 Å². The molecular formula is C11H13ClN2O2. The van der Waals surface area contributed by atoms with E-state index in [9.17, 15) is 4.79 Å². The zero-order valence-electron chi connectivity index (χ0n) is 8.64. The van der Waals surface area contributed by atoms with Crippen LogP contribution in [-0.2, 0) is 6.42 Å². The van der Waals surface area contributed by atoms with Gasteiger partial charge >= 0.3 is 0 Å². The number of hydrogen-bond donors (Lipinski definition) is 2. The van der Waals surface area contributed by atoms with Crippen LogP contribution in [0.25, 0.3) is 10.9 Å². The van der Waals surface area contributed by atoms with Crippen molar-refractivity contribution in [3.63, 3.8) is 0 Å². The molecule has 4 nitrogen and oxygen atoms in total. The first kappa shape index (κ1) is 12.7. The smallest absolute Gasteiger partial charge is 0.258 e. The highest BCUT2D eigenvalue weighted by molar-refractivity contribution is 5.85. The molecule has 0 amide bonds. The highest BCUT2D eigenvalue weighted by atomic mass is 35.5. The van der Waals surface area contributed by atoms with Gasteiger partial charge in [0.2, 0.25) is 0 Å². The predicted molar refractivity (Wildman–Crippen MR) is 65.0 cm³/mol. The van der Waals surface area contributed by atoms with E-state index >= 15 is 0 Å². The lowest BCUT2D eigenvalue weighted by molar-refractivity contribution is 0.287. The number of rotatable bonds is 3. The summed E-state index contributed by atoms with van der Waals surface area (Å²) in [5.41, 5.74) is 0.586. The number of halogens is 1. The number of fused-ring (bicyclic) bond motifs is 1. The van der Waals surface area contributed by atoms with Crippen LogP contribution in [0, 0.1) is 0 Å². The van der Waals surface area contributed by atoms with Gasteiger partial charge < -0.3 is 10.1 Å². The second-order valence-electron chi connectivity index (χ2n) is 3.36. The Kier molecular flexibility index (Phi) is 4.46. The van der Waals surface area contributed by atoms with E-state index in [1.807, 2.05) is 18.2 Å². The Hall–Kier alpha value is -1.39. The second-order valence-corrected chi connectivity index (χ2v) is 3.36. The SMILES string of the molecule is Cl.O=c1[nH]c(CCCO)nc2ccccc12. The molecule has 5 heteroatoms. The molecule has 0 fully saturated rings. The van der Waals surface area contributed by atoms with Crippen LogP contribution < -0.4 is 5.56 Å². The molecule has 2 N–H and O–H groups in total. The summed E-state index contributed by atoms with van der Waals surface area (Å²) in [6, 6.07) is 7.22. The summed E-state index contributed by atoms with van der Waals surface area (Å²) in [4.78, 5) is 18.6. The molecule has 1 aromatic carbocycles. The Labute approximate surface area is 98.8 Å². The molecule has 2 rings (SSSR count). The van der Waals surface area contributed by atoms with Gasteiger partial charge in [0.05, 0.1) is 10.9 Å². The van der Waals surface area contributed by atoms with E-state index in [1.54, 1.807) is 6.07 Å². The van der Waals surface area contributed by atoms with Crippen LogP contribution >= 0.6 is 12.4 Å². The highest BCUT2D eigenvalue weighted by Gasteiger charge is 2.02. The van der Waals surface area contributed by atoms with E-state index < -0.39 is 0 Å². The maximum atomic E-state index is 11.6. The number of para-hydroxylation sites is 1. The number of aryl methyl sites for hydroxylation is 1. The van der Waals surface area contributed by atoms with Crippen LogP contribution in [0.15, 0.2) is 29.1 Å². The molecule has 0 saturated carbocycles. The van der Waals surface area contributed by atoms with Crippen molar-refractivity contribution < 1.29 is 5.11 Å². The zero-order chi connectivity index (χ0) is 10.7. The fourth-order valence-corrected chi connectivity index (χ4v) is 1.50. The van der Waals surface area contributed by atoms with Crippen molar-refractivity contribution in [3.05, 3.63) is 40.4 Å². The van der Waals surface area contributed by atoms with Crippen molar-refractivity contribution in [1.29, 1.82) is 0 Å². The van der Waals surface area contributed by atoms with Crippen LogP contribution in [0.1, 0.15) is 12.2 Å². The van der Waals surface area contributed by atoms with Crippen molar-refractivity contribution in [1.82, 2.24) is 9.97 Å². The first-order chi connectivity index (χ1) is 7.31. The molecule has 0 unspecified atom stereocenters. The number of aliphatic hydroxyl groups excluding tert-OH is 1. The lowest BCUT2D eigenvalue weighted by atomic mass is 10.2. The van der Waals surface area contributed by atoms with Crippen LogP contribution in [0.3, 0.4) is 0 Å². The minimum Gasteiger partial charge on any atom is -0.396 e. The van der Waals surface area contributed by atoms with Gasteiger partial charge in [0.25, 0.3) is 5.56 Å². The third-order valence-corrected chi connectivity index (χ3v) is 2.23. The quantitative estimate of drug-likeness (QED) is 0.849. The second kappa shape index (κ2) is 5.63. The fraction of sp³-hybridized carbons (Fsp3) is 0.273. The standard InChI is InChI=1S/C11H12N2O2.ClH/c14-7-3-6-10-12-9-5-2-1-4-8(9)11(15)13-10;/h1-2,4-5,14H,3,6-7H2,(H,12,13,15);1H. The van der Waals surface area contributed by atoms with Crippen LogP contribution in [-0.4, -0.2) is 21.7 Å². The Bertz CT molecular complexity index is 525. The maximum absolute atomic E-state index is 11.6. The van der Waals surface area contributed by atoms with Crippen LogP contribution in [0.2, 0.25) is 0 Å². The number of H-pyrrole nitrogens is 1. The van der Waals surface area contributed by atoms with Crippen LogP contribution in [0.5, 0.6) is 0 Å². The number of nitrogens with zero attached hydrogens (tertiary/aromatic N) is 1. The van der Waals surface area contributed by atoms with Gasteiger partial charge in [-0.3, -0.25) is 4.79 Å². The average molecular weight is 241 g/mol. The highest BCUT2D eigenvalue weighted by Crippen LogP contribution is 2.06. The Balaban J connectivity index is 0.00000128. The summed E-state index contributed by atoms with van der Waals surface area (Å²) < 4.78 is 0. The third-order valence-electron chi connectivity index (χ3n) is 2.23. The predicted octanol–water partition coefficient (Wildman–Crippen LogP) is 1.27. The van der Waals surface area contributed by atoms with Crippen molar-refractivity contribution in [2.24, 2.45) is 0 Å². The lowest BCUT2D eigenvalue weighted by Crippen LogP contribution is -2.12. The van der Waals surface area contributed by atoms with E-state index in [4.69, 9.17) is 5.11 Å². The Morgan fingerprint density at radius 3 is 2.81 bits per heavy atom. The van der Waals surface area contributed by atoms with Crippen molar-refractivity contribution in [3.8, 4) is 0 Å². The molecule has 0 spiro atoms. The number of hydrogen-bond acceptors (Lipinski definition) is 3. The Morgan fingerprint density at radius 1 is 1.31 bits per heavy atom. The number of nitrogens with one attached hydrogen (secondary N) is 1. The maximum Gasteiger partial charge on any atom is 0.258 e. The van der Waals surface area contributed by atoms with Crippen molar-refractivity contribution in [2.45, 2.75) is 12.8 Å². The molecule has 0 radical (unpaired) electrons. The summed E-state index contributed by atoms with van der Waals surface area (Å²) in [7, 11) is 0. The monoisotopic (exact) mass is 240 g/mol. The third kappa shape index (κ3) is 2.59. The molecule has 16 heavy (non-hydrogen) atoms. The minimum atomic E-state index is -0.117. The van der Waals surface area contributed by atoms with E-state index in [-0.39, 0.29) is 24.6 Å². The summed E-state index contributed by atoms with van der Waals surface area (Å²) in [6.45, 7) is 0.108. The topological polar surface area (TPSA) is 66.0 Å². The molecule has 0 bridgehead atoms. The van der Waals surface area contributed by atoms with Gasteiger partial charge in [-0.2, -0.15) is 0 Å². The Morgan fingerprint density at radius 2 is 2.06 bits per heavy atom. The molecule has 0 aliphatic rings. The van der Waals surface area contributed by atoms with Gasteiger partial charge in [0.1, 0.15) is 5.82 Å². The van der Waals surface area contributed by atoms with E-state index in [0.717, 1.165) is 0 Å². The summed E-state index contributed by atoms with van der Waals surface area (Å²) in [6.07, 6.45) is 1.21. The van der Waals surface area contributed by atoms with Crippen molar-refractivity contribution >= 4 is 23.3 Å². The van der Waals surface area contributed by atoms with Gasteiger partial charge in [0.15, 0.2) is 0 Å². The first-order valence-corrected chi connectivity index (χ1v) is 4.90. The molecule has 0 aliphatic heterocycles. The summed E-state index contributed by atoms with van der Waals surface area (Å²) >= 11 is 0. The summed E-state index contributed by atoms with van der Waals surface area (Å²) in [5.74, 6) is 0.632. The normalized spacial score (nSPS) is 10.1. The molecule has 1 heterocycles. The summed E-state index contributed by atoms with van der Waals surface area (Å²) in [5, 5.41) is 9.29. The largest absolute Gasteiger partial charge is 0.396 e. The molecule has 0 atom stereocenters. The van der Waals surface area contributed by atoms with E-state index in [2.05, 4.69) is 9.97 Å². The number of aliphatic hydroxyl groups is 1. The lowest BCUT2D eigenvalue weighted by Gasteiger charge is -2.01. The zero-order valence-corrected chi connectivity index (χ0v) is 9.46. The molecular weight excluding hydrogens is 228 g/mol. The number of aromatic nitrogens is 2. The molecule has 2 aromatic rings. The van der Waals surface area contributed by atoms with Gasteiger partial charge in [-0.1, -0.05) is 12.1 Å². The molecule has 0 aliphatic carbocycles. The van der Waals surface area contributed by atoms with Gasteiger partial charge in [0, 0.05) is 13.0 Å². The van der Waals surface area contributed by atoms with E-state index in [0.29, 0.717) is 29.6 Å². The molecule has 0 saturated heterocycles. The fourth-order valence-electron chi connectivity index (χ4n) is 1.50. The number of aromatic amines is 1. The minimum absolute atomic E-state index is 0. The van der Waals surface area contributed by atoms with Crippen LogP contribution in [0.4, 0.5) is 0 Å². The number of benzene rings is 1. The molecule has 86 valence electrons. The van der Waals surface area contributed by atoms with Gasteiger partial charge in [-0.05, 0) is 18.6 Å².